The van der Waals surface area contributed by atoms with Crippen LogP contribution in [0.15, 0.2) is 29.4 Å². The molecule has 0 aromatic heterocycles. The van der Waals surface area contributed by atoms with Crippen LogP contribution in [0.2, 0.25) is 0 Å². The Morgan fingerprint density at radius 3 is 2.67 bits per heavy atom. The average Bonchev–Trinajstić information content (AvgIpc) is 2.33. The molecule has 1 aromatic rings. The molecule has 0 saturated heterocycles. The first-order chi connectivity index (χ1) is 8.42. The molecule has 5 heteroatoms. The zero-order valence-electron chi connectivity index (χ0n) is 11.0. The maximum Gasteiger partial charge on any atom is 0.170 e. The zero-order valence-corrected chi connectivity index (χ0v) is 11.0. The summed E-state index contributed by atoms with van der Waals surface area (Å²) in [5.41, 5.74) is 5.94. The number of rotatable bonds is 5. The Labute approximate surface area is 107 Å². The average molecular weight is 252 g/mol. The van der Waals surface area contributed by atoms with Crippen LogP contribution in [0.5, 0.6) is 5.75 Å². The van der Waals surface area contributed by atoms with E-state index in [1.54, 1.807) is 18.2 Å². The summed E-state index contributed by atoms with van der Waals surface area (Å²) < 4.78 is 11.1. The summed E-state index contributed by atoms with van der Waals surface area (Å²) in [6.45, 7) is 6.94. The highest BCUT2D eigenvalue weighted by Gasteiger charge is 2.09. The van der Waals surface area contributed by atoms with Crippen molar-refractivity contribution >= 4 is 5.84 Å². The highest BCUT2D eigenvalue weighted by molar-refractivity contribution is 5.97. The molecule has 0 aliphatic carbocycles. The van der Waals surface area contributed by atoms with Crippen LogP contribution in [0.4, 0.5) is 0 Å². The largest absolute Gasteiger partial charge is 0.491 e. The third kappa shape index (κ3) is 5.05. The van der Waals surface area contributed by atoms with E-state index >= 15 is 0 Å². The van der Waals surface area contributed by atoms with E-state index in [1.807, 2.05) is 26.8 Å². The van der Waals surface area contributed by atoms with Crippen LogP contribution in [0, 0.1) is 0 Å². The van der Waals surface area contributed by atoms with Gasteiger partial charge in [0.15, 0.2) is 5.84 Å². The van der Waals surface area contributed by atoms with Crippen LogP contribution >= 0.6 is 0 Å². The molecule has 5 nitrogen and oxygen atoms in total. The van der Waals surface area contributed by atoms with Gasteiger partial charge in [0.1, 0.15) is 12.4 Å². The maximum atomic E-state index is 8.58. The summed E-state index contributed by atoms with van der Waals surface area (Å²) in [7, 11) is 0. The molecule has 100 valence electrons. The molecule has 0 fully saturated rings. The zero-order chi connectivity index (χ0) is 13.6. The van der Waals surface area contributed by atoms with Gasteiger partial charge in [-0.1, -0.05) is 17.3 Å². The monoisotopic (exact) mass is 252 g/mol. The first kappa shape index (κ1) is 14.3. The standard InChI is InChI=1S/C13H20N2O3/c1-13(2,3)18-8-7-17-11-6-4-5-10(9-11)12(14)15-16/h4-6,9,16H,7-8H2,1-3H3,(H2,14,15). The van der Waals surface area contributed by atoms with Crippen LogP contribution in [-0.4, -0.2) is 29.9 Å². The quantitative estimate of drug-likeness (QED) is 0.276. The molecule has 0 radical (unpaired) electrons. The topological polar surface area (TPSA) is 77.1 Å². The second-order valence-corrected chi connectivity index (χ2v) is 4.82. The second-order valence-electron chi connectivity index (χ2n) is 4.82. The van der Waals surface area contributed by atoms with E-state index in [1.165, 1.54) is 0 Å². The SMILES string of the molecule is CC(C)(C)OCCOc1cccc(/C(N)=N/O)c1. The van der Waals surface area contributed by atoms with E-state index in [0.29, 0.717) is 24.5 Å². The van der Waals surface area contributed by atoms with E-state index in [-0.39, 0.29) is 11.4 Å². The molecule has 0 spiro atoms. The Morgan fingerprint density at radius 1 is 1.33 bits per heavy atom. The lowest BCUT2D eigenvalue weighted by Crippen LogP contribution is -2.22. The lowest BCUT2D eigenvalue weighted by Gasteiger charge is -2.19. The van der Waals surface area contributed by atoms with Gasteiger partial charge in [0, 0.05) is 5.56 Å². The highest BCUT2D eigenvalue weighted by Crippen LogP contribution is 2.13. The number of amidine groups is 1. The molecule has 0 heterocycles. The number of ether oxygens (including phenoxy) is 2. The number of hydrogen-bond donors (Lipinski definition) is 2. The van der Waals surface area contributed by atoms with E-state index in [2.05, 4.69) is 5.16 Å². The molecule has 0 aliphatic rings. The molecule has 0 amide bonds. The first-order valence-corrected chi connectivity index (χ1v) is 5.77. The Balaban J connectivity index is 2.48. The van der Waals surface area contributed by atoms with Crippen LogP contribution in [0.25, 0.3) is 0 Å². The molecule has 18 heavy (non-hydrogen) atoms. The van der Waals surface area contributed by atoms with Crippen LogP contribution in [0.1, 0.15) is 26.3 Å². The summed E-state index contributed by atoms with van der Waals surface area (Å²) in [5.74, 6) is 0.725. The Bertz CT molecular complexity index is 411. The van der Waals surface area contributed by atoms with E-state index in [0.717, 1.165) is 0 Å². The van der Waals surface area contributed by atoms with Gasteiger partial charge in [-0.15, -0.1) is 0 Å². The number of nitrogens with two attached hydrogens (primary N) is 1. The van der Waals surface area contributed by atoms with Gasteiger partial charge in [-0.2, -0.15) is 0 Å². The van der Waals surface area contributed by atoms with Gasteiger partial charge in [0.2, 0.25) is 0 Å². The molecular formula is C13H20N2O3. The van der Waals surface area contributed by atoms with Crippen molar-refractivity contribution in [2.24, 2.45) is 10.9 Å². The predicted octanol–water partition coefficient (Wildman–Crippen LogP) is 1.97. The van der Waals surface area contributed by atoms with Gasteiger partial charge in [0.25, 0.3) is 0 Å². The number of hydrogen-bond acceptors (Lipinski definition) is 4. The van der Waals surface area contributed by atoms with Crippen molar-refractivity contribution in [1.82, 2.24) is 0 Å². The van der Waals surface area contributed by atoms with Gasteiger partial charge in [-0.25, -0.2) is 0 Å². The van der Waals surface area contributed by atoms with Crippen molar-refractivity contribution in [2.75, 3.05) is 13.2 Å². The lowest BCUT2D eigenvalue weighted by atomic mass is 10.2. The van der Waals surface area contributed by atoms with Gasteiger partial charge >= 0.3 is 0 Å². The van der Waals surface area contributed by atoms with E-state index < -0.39 is 0 Å². The minimum absolute atomic E-state index is 0.0615. The molecule has 1 aromatic carbocycles. The van der Waals surface area contributed by atoms with Gasteiger partial charge in [-0.05, 0) is 32.9 Å². The van der Waals surface area contributed by atoms with E-state index in [9.17, 15) is 0 Å². The number of nitrogens with zero attached hydrogens (tertiary/aromatic N) is 1. The molecule has 0 bridgehead atoms. The summed E-state index contributed by atoms with van der Waals surface area (Å²) in [4.78, 5) is 0. The van der Waals surface area contributed by atoms with Crippen LogP contribution in [0.3, 0.4) is 0 Å². The molecule has 1 rings (SSSR count). The third-order valence-electron chi connectivity index (χ3n) is 2.12. The maximum absolute atomic E-state index is 8.58. The fourth-order valence-corrected chi connectivity index (χ4v) is 1.31. The summed E-state index contributed by atoms with van der Waals surface area (Å²) in [6, 6.07) is 7.05. The Hall–Kier alpha value is -1.75. The smallest absolute Gasteiger partial charge is 0.170 e. The molecule has 0 unspecified atom stereocenters. The van der Waals surface area contributed by atoms with Crippen molar-refractivity contribution in [3.05, 3.63) is 29.8 Å². The van der Waals surface area contributed by atoms with Crippen molar-refractivity contribution in [3.63, 3.8) is 0 Å². The minimum Gasteiger partial charge on any atom is -0.491 e. The minimum atomic E-state index is -0.167. The summed E-state index contributed by atoms with van der Waals surface area (Å²) in [5, 5.41) is 11.5. The first-order valence-electron chi connectivity index (χ1n) is 5.77. The molecule has 0 aliphatic heterocycles. The summed E-state index contributed by atoms with van der Waals surface area (Å²) >= 11 is 0. The van der Waals surface area contributed by atoms with Gasteiger partial charge < -0.3 is 20.4 Å². The summed E-state index contributed by atoms with van der Waals surface area (Å²) in [6.07, 6.45) is 0. The fraction of sp³-hybridized carbons (Fsp3) is 0.462. The van der Waals surface area contributed by atoms with Crippen LogP contribution in [-0.2, 0) is 4.74 Å². The van der Waals surface area contributed by atoms with Crippen molar-refractivity contribution < 1.29 is 14.7 Å². The number of benzene rings is 1. The Kier molecular flexibility index (Phi) is 4.97. The van der Waals surface area contributed by atoms with Gasteiger partial charge in [-0.3, -0.25) is 0 Å². The van der Waals surface area contributed by atoms with Crippen molar-refractivity contribution in [1.29, 1.82) is 0 Å². The Morgan fingerprint density at radius 2 is 2.06 bits per heavy atom. The third-order valence-corrected chi connectivity index (χ3v) is 2.12. The normalized spacial score (nSPS) is 12.5. The van der Waals surface area contributed by atoms with Crippen molar-refractivity contribution in [3.8, 4) is 5.75 Å². The van der Waals surface area contributed by atoms with Crippen LogP contribution < -0.4 is 10.5 Å². The van der Waals surface area contributed by atoms with E-state index in [4.69, 9.17) is 20.4 Å². The fourth-order valence-electron chi connectivity index (χ4n) is 1.31. The van der Waals surface area contributed by atoms with Crippen molar-refractivity contribution in [2.45, 2.75) is 26.4 Å². The predicted molar refractivity (Wildman–Crippen MR) is 70.2 cm³/mol. The molecule has 3 N–H and O–H groups in total. The molecule has 0 saturated carbocycles. The molecule has 0 atom stereocenters. The van der Waals surface area contributed by atoms with Gasteiger partial charge in [0.05, 0.1) is 12.2 Å². The second kappa shape index (κ2) is 6.26. The number of oxime groups is 1. The lowest BCUT2D eigenvalue weighted by molar-refractivity contribution is -0.0163. The molecular weight excluding hydrogens is 232 g/mol. The highest BCUT2D eigenvalue weighted by atomic mass is 16.5.